The van der Waals surface area contributed by atoms with Crippen LogP contribution < -0.4 is 10.6 Å². The Kier molecular flexibility index (Phi) is 27.0. The maximum absolute atomic E-state index is 11.4. The molecule has 2 aromatic carbocycles. The molecule has 8 aliphatic rings. The number of aliphatic hydroxyl groups excluding tert-OH is 4. The highest BCUT2D eigenvalue weighted by Gasteiger charge is 2.34. The summed E-state index contributed by atoms with van der Waals surface area (Å²) in [6.07, 6.45) is 21.7. The zero-order chi connectivity index (χ0) is 51.2. The quantitative estimate of drug-likeness (QED) is 0.102. The summed E-state index contributed by atoms with van der Waals surface area (Å²) < 4.78 is 51.5. The molecule has 2 fully saturated rings. The van der Waals surface area contributed by atoms with Crippen LogP contribution in [0.1, 0.15) is 25.0 Å². The molecule has 0 spiro atoms. The minimum atomic E-state index is -0.761. The number of nitrogens with one attached hydrogen (secondary N) is 2. The van der Waals surface area contributed by atoms with Crippen LogP contribution >= 0.6 is 0 Å². The molecule has 18 nitrogen and oxygen atoms in total. The molecule has 0 radical (unpaired) electrons. The van der Waals surface area contributed by atoms with Crippen molar-refractivity contribution in [3.05, 3.63) is 145 Å². The Labute approximate surface area is 422 Å². The Morgan fingerprint density at radius 2 is 0.819 bits per heavy atom. The molecule has 10 rings (SSSR count). The second-order valence-electron chi connectivity index (χ2n) is 17.4. The van der Waals surface area contributed by atoms with E-state index in [9.17, 15) is 19.8 Å². The van der Waals surface area contributed by atoms with Crippen molar-refractivity contribution in [3.8, 4) is 0 Å². The van der Waals surface area contributed by atoms with E-state index in [1.807, 2.05) is 123 Å². The Morgan fingerprint density at radius 3 is 1.10 bits per heavy atom. The smallest absolute Gasteiger partial charge is 0.407 e. The molecular formula is C54H74N2O16. The summed E-state index contributed by atoms with van der Waals surface area (Å²) in [4.78, 5) is 22.9. The van der Waals surface area contributed by atoms with Gasteiger partial charge in [0.1, 0.15) is 62.0 Å². The highest BCUT2D eigenvalue weighted by molar-refractivity contribution is 5.67. The standard InChI is InChI=1S/2C14H17NO4.2C7H12O2.2C6H8O2/c2*16-12(13-7-4-8-18-13)9-15-14(17)19-10-11-5-2-1-3-6-11;2*1-6(5-8)7-3-2-4-9-7;2*1-2-5(7-3-1)6-4-8-6/h2*1-7,12-13,16H,8-10H2,(H,15,17);2*2-3,6-8H,4-5H2,1H3;2*1-2,5-6H,3-4H2/t12-,13+;12-,13-;6-,7+;6-,7-;5-,6+;5-,6-/m101000/s1. The lowest BCUT2D eigenvalue weighted by atomic mass is 10.1. The predicted octanol–water partition coefficient (Wildman–Crippen LogP) is 4.28. The number of ether oxygens (including phenoxy) is 10. The van der Waals surface area contributed by atoms with Crippen LogP contribution in [-0.4, -0.2) is 173 Å². The zero-order valence-corrected chi connectivity index (χ0v) is 41.2. The second-order valence-corrected chi connectivity index (χ2v) is 17.4. The van der Waals surface area contributed by atoms with E-state index in [4.69, 9.17) is 57.6 Å². The van der Waals surface area contributed by atoms with Crippen LogP contribution in [0.15, 0.2) is 134 Å². The second kappa shape index (κ2) is 33.6. The van der Waals surface area contributed by atoms with Gasteiger partial charge in [0.2, 0.25) is 0 Å². The molecular weight excluding hydrogens is 933 g/mol. The SMILES string of the molecule is C1=C[C@@H]([C@@H]2CO2)OC1.C1=C[C@@H]([C@H]2CO2)OC1.C[C@@H](CO)[C@@H]1C=CCO1.C[C@H](CO)[C@@H]1C=CCO1.O=C(NC[C@@H](O)[C@@H]1C=CCO1)OCc1ccccc1.O=C(NC[C@H](O)[C@@H]1C=CCO1)OCc1ccccc1. The lowest BCUT2D eigenvalue weighted by Crippen LogP contribution is -2.38. The van der Waals surface area contributed by atoms with Gasteiger partial charge in [0.15, 0.2) is 0 Å². The number of amides is 2. The first kappa shape index (κ1) is 57.8. The van der Waals surface area contributed by atoms with Crippen LogP contribution in [0.4, 0.5) is 9.59 Å². The van der Waals surface area contributed by atoms with Crippen molar-refractivity contribution in [2.75, 3.05) is 79.2 Å². The fraction of sp³-hybridized carbons (Fsp3) is 0.519. The lowest BCUT2D eigenvalue weighted by molar-refractivity contribution is 0.0136. The number of hydrogen-bond donors (Lipinski definition) is 6. The first-order valence-electron chi connectivity index (χ1n) is 24.5. The molecule has 0 bridgehead atoms. The van der Waals surface area contributed by atoms with Crippen LogP contribution in [0.25, 0.3) is 0 Å². The van der Waals surface area contributed by atoms with Gasteiger partial charge in [-0.25, -0.2) is 9.59 Å². The molecule has 18 heteroatoms. The molecule has 72 heavy (non-hydrogen) atoms. The first-order chi connectivity index (χ1) is 35.1. The van der Waals surface area contributed by atoms with Crippen molar-refractivity contribution in [3.63, 3.8) is 0 Å². The summed E-state index contributed by atoms with van der Waals surface area (Å²) in [6, 6.07) is 18.8. The third kappa shape index (κ3) is 23.2. The largest absolute Gasteiger partial charge is 0.445 e. The van der Waals surface area contributed by atoms with Crippen molar-refractivity contribution in [2.24, 2.45) is 11.8 Å². The Bertz CT molecular complexity index is 1850. The lowest BCUT2D eigenvalue weighted by Gasteiger charge is -2.16. The van der Waals surface area contributed by atoms with E-state index >= 15 is 0 Å². The molecule has 0 unspecified atom stereocenters. The Morgan fingerprint density at radius 1 is 0.500 bits per heavy atom. The third-order valence-corrected chi connectivity index (χ3v) is 11.5. The van der Waals surface area contributed by atoms with Crippen LogP contribution in [-0.2, 0) is 60.6 Å². The fourth-order valence-corrected chi connectivity index (χ4v) is 6.98. The summed E-state index contributed by atoms with van der Waals surface area (Å²) >= 11 is 0. The maximum Gasteiger partial charge on any atom is 0.407 e. The summed E-state index contributed by atoms with van der Waals surface area (Å²) in [5, 5.41) is 41.8. The molecule has 396 valence electrons. The average molecular weight is 1010 g/mol. The van der Waals surface area contributed by atoms with Crippen LogP contribution in [0.3, 0.4) is 0 Å². The zero-order valence-electron chi connectivity index (χ0n) is 41.2. The first-order valence-corrected chi connectivity index (χ1v) is 24.5. The minimum absolute atomic E-state index is 0.0998. The summed E-state index contributed by atoms with van der Waals surface area (Å²) in [5.74, 6) is 0.479. The van der Waals surface area contributed by atoms with Crippen molar-refractivity contribution < 1.29 is 77.4 Å². The molecule has 2 amide bonds. The highest BCUT2D eigenvalue weighted by atomic mass is 16.6. The summed E-state index contributed by atoms with van der Waals surface area (Å²) in [7, 11) is 0. The van der Waals surface area contributed by atoms with Gasteiger partial charge >= 0.3 is 12.2 Å². The van der Waals surface area contributed by atoms with E-state index in [0.717, 1.165) is 37.6 Å². The van der Waals surface area contributed by atoms with Crippen LogP contribution in [0, 0.1) is 11.8 Å². The summed E-state index contributed by atoms with van der Waals surface area (Å²) in [6.45, 7) is 10.7. The Hall–Kier alpha value is -5.06. The van der Waals surface area contributed by atoms with Crippen molar-refractivity contribution in [2.45, 2.75) is 88.1 Å². The molecule has 2 aromatic rings. The number of carbonyl (C=O) groups is 2. The third-order valence-electron chi connectivity index (χ3n) is 11.5. The van der Waals surface area contributed by atoms with Crippen molar-refractivity contribution in [1.82, 2.24) is 10.6 Å². The molecule has 6 N–H and O–H groups in total. The van der Waals surface area contributed by atoms with E-state index < -0.39 is 24.4 Å². The molecule has 0 aromatic heterocycles. The summed E-state index contributed by atoms with van der Waals surface area (Å²) in [5.41, 5.74) is 1.83. The van der Waals surface area contributed by atoms with Gasteiger partial charge < -0.3 is 78.4 Å². The number of benzene rings is 2. The topological polar surface area (TPSA) is 238 Å². The van der Waals surface area contributed by atoms with E-state index in [1.54, 1.807) is 12.2 Å². The highest BCUT2D eigenvalue weighted by Crippen LogP contribution is 2.21. The number of aliphatic hydroxyl groups is 4. The molecule has 2 saturated heterocycles. The molecule has 8 heterocycles. The van der Waals surface area contributed by atoms with Crippen molar-refractivity contribution in [1.29, 1.82) is 0 Å². The number of hydrogen-bond acceptors (Lipinski definition) is 16. The Balaban J connectivity index is 0.000000167. The predicted molar refractivity (Wildman–Crippen MR) is 267 cm³/mol. The fourth-order valence-electron chi connectivity index (χ4n) is 6.98. The number of alkyl carbamates (subject to hydrolysis) is 2. The van der Waals surface area contributed by atoms with Crippen LogP contribution in [0.2, 0.25) is 0 Å². The normalized spacial score (nSPS) is 26.9. The van der Waals surface area contributed by atoms with Gasteiger partial charge in [-0.15, -0.1) is 0 Å². The molecule has 0 saturated carbocycles. The van der Waals surface area contributed by atoms with Gasteiger partial charge in [0.05, 0.1) is 65.1 Å². The average Bonchev–Trinajstić information content (AvgIpc) is 3.99. The van der Waals surface area contributed by atoms with Gasteiger partial charge in [-0.2, -0.15) is 0 Å². The number of epoxide rings is 2. The van der Waals surface area contributed by atoms with E-state index in [2.05, 4.69) is 22.8 Å². The number of rotatable bonds is 16. The van der Waals surface area contributed by atoms with Gasteiger partial charge in [-0.1, -0.05) is 147 Å². The van der Waals surface area contributed by atoms with Gasteiger partial charge in [0, 0.05) is 38.1 Å². The molecule has 12 atom stereocenters. The molecule has 8 aliphatic heterocycles. The van der Waals surface area contributed by atoms with Gasteiger partial charge in [0.25, 0.3) is 0 Å². The van der Waals surface area contributed by atoms with Gasteiger partial charge in [-0.3, -0.25) is 0 Å². The van der Waals surface area contributed by atoms with E-state index in [0.29, 0.717) is 38.6 Å². The number of carbonyl (C=O) groups excluding carboxylic acids is 2. The minimum Gasteiger partial charge on any atom is -0.445 e. The van der Waals surface area contributed by atoms with Gasteiger partial charge in [-0.05, 0) is 11.1 Å². The van der Waals surface area contributed by atoms with E-state index in [-0.39, 0.29) is 88.0 Å². The monoisotopic (exact) mass is 1010 g/mol. The van der Waals surface area contributed by atoms with Crippen LogP contribution in [0.5, 0.6) is 0 Å². The van der Waals surface area contributed by atoms with E-state index in [1.165, 1.54) is 0 Å². The van der Waals surface area contributed by atoms with Crippen molar-refractivity contribution >= 4 is 12.2 Å². The maximum atomic E-state index is 11.4. The molecule has 0 aliphatic carbocycles.